The standard InChI is InChI=1S/C24H40N4O4/c1-6-25-21(26-17-24(5,30)20-8-7-15-31-20)27-13-11-19(12-14-27)28(16-18-9-10-18)22(29)32-23(2,3)4/h7-8,15,18-19,30H,6,9-14,16-17H2,1-5H3,(H,25,26). The number of rotatable bonds is 7. The Morgan fingerprint density at radius 3 is 2.50 bits per heavy atom. The minimum Gasteiger partial charge on any atom is -0.466 e. The summed E-state index contributed by atoms with van der Waals surface area (Å²) in [6.07, 6.45) is 5.49. The van der Waals surface area contributed by atoms with Crippen LogP contribution in [0.1, 0.15) is 66.1 Å². The van der Waals surface area contributed by atoms with Crippen LogP contribution in [0.25, 0.3) is 0 Å². The predicted molar refractivity (Wildman–Crippen MR) is 125 cm³/mol. The third-order valence-corrected chi connectivity index (χ3v) is 5.91. The molecule has 1 aliphatic heterocycles. The number of hydrogen-bond acceptors (Lipinski definition) is 5. The van der Waals surface area contributed by atoms with Gasteiger partial charge in [0, 0.05) is 32.2 Å². The molecule has 0 radical (unpaired) electrons. The number of nitrogens with zero attached hydrogens (tertiary/aromatic N) is 3. The molecule has 0 bridgehead atoms. The number of guanidine groups is 1. The summed E-state index contributed by atoms with van der Waals surface area (Å²) in [4.78, 5) is 21.8. The van der Waals surface area contributed by atoms with Crippen molar-refractivity contribution >= 4 is 12.1 Å². The lowest BCUT2D eigenvalue weighted by Crippen LogP contribution is -2.52. The topological polar surface area (TPSA) is 90.5 Å². The van der Waals surface area contributed by atoms with Crippen molar-refractivity contribution < 1.29 is 19.1 Å². The third-order valence-electron chi connectivity index (χ3n) is 5.91. The average Bonchev–Trinajstić information content (AvgIpc) is 3.36. The fraction of sp³-hybridized carbons (Fsp3) is 0.750. The van der Waals surface area contributed by atoms with Crippen LogP contribution in [0.3, 0.4) is 0 Å². The van der Waals surface area contributed by atoms with E-state index < -0.39 is 11.2 Å². The van der Waals surface area contributed by atoms with Crippen LogP contribution in [0.4, 0.5) is 4.79 Å². The highest BCUT2D eigenvalue weighted by Crippen LogP contribution is 2.32. The van der Waals surface area contributed by atoms with Crippen molar-refractivity contribution in [3.63, 3.8) is 0 Å². The lowest BCUT2D eigenvalue weighted by Gasteiger charge is -2.40. The lowest BCUT2D eigenvalue weighted by atomic mass is 10.0. The van der Waals surface area contributed by atoms with Crippen molar-refractivity contribution in [1.29, 1.82) is 0 Å². The van der Waals surface area contributed by atoms with E-state index in [0.29, 0.717) is 11.7 Å². The van der Waals surface area contributed by atoms with Crippen LogP contribution in [0.15, 0.2) is 27.8 Å². The van der Waals surface area contributed by atoms with E-state index in [2.05, 4.69) is 10.2 Å². The Bertz CT molecular complexity index is 757. The molecular weight excluding hydrogens is 408 g/mol. The molecule has 0 spiro atoms. The number of ether oxygens (including phenoxy) is 1. The van der Waals surface area contributed by atoms with Crippen LogP contribution in [-0.2, 0) is 10.3 Å². The van der Waals surface area contributed by atoms with Gasteiger partial charge in [-0.25, -0.2) is 9.79 Å². The maximum Gasteiger partial charge on any atom is 0.410 e. The second kappa shape index (κ2) is 10.1. The van der Waals surface area contributed by atoms with Gasteiger partial charge >= 0.3 is 6.09 Å². The van der Waals surface area contributed by atoms with Gasteiger partial charge in [-0.15, -0.1) is 0 Å². The number of nitrogens with one attached hydrogen (secondary N) is 1. The molecule has 1 aliphatic carbocycles. The van der Waals surface area contributed by atoms with E-state index in [1.807, 2.05) is 32.6 Å². The van der Waals surface area contributed by atoms with E-state index in [9.17, 15) is 9.90 Å². The van der Waals surface area contributed by atoms with Crippen molar-refractivity contribution in [2.24, 2.45) is 10.9 Å². The number of piperidine rings is 1. The molecule has 2 fully saturated rings. The van der Waals surface area contributed by atoms with Crippen LogP contribution in [-0.4, -0.2) is 71.3 Å². The van der Waals surface area contributed by atoms with Crippen molar-refractivity contribution in [3.8, 4) is 0 Å². The van der Waals surface area contributed by atoms with Crippen molar-refractivity contribution in [3.05, 3.63) is 24.2 Å². The van der Waals surface area contributed by atoms with E-state index in [0.717, 1.165) is 45.0 Å². The molecule has 1 saturated carbocycles. The summed E-state index contributed by atoms with van der Waals surface area (Å²) >= 11 is 0. The van der Waals surface area contributed by atoms with Gasteiger partial charge in [0.1, 0.15) is 17.0 Å². The van der Waals surface area contributed by atoms with Gasteiger partial charge in [0.2, 0.25) is 0 Å². The van der Waals surface area contributed by atoms with Crippen LogP contribution >= 0.6 is 0 Å². The molecule has 1 saturated heterocycles. The van der Waals surface area contributed by atoms with Gasteiger partial charge in [-0.3, -0.25) is 0 Å². The van der Waals surface area contributed by atoms with Gasteiger partial charge in [0.05, 0.1) is 12.8 Å². The maximum atomic E-state index is 12.9. The molecular formula is C24H40N4O4. The van der Waals surface area contributed by atoms with Crippen LogP contribution in [0.2, 0.25) is 0 Å². The summed E-state index contributed by atoms with van der Waals surface area (Å²) in [5.74, 6) is 1.90. The average molecular weight is 449 g/mol. The fourth-order valence-electron chi connectivity index (χ4n) is 3.98. The summed E-state index contributed by atoms with van der Waals surface area (Å²) in [7, 11) is 0. The fourth-order valence-corrected chi connectivity index (χ4v) is 3.98. The zero-order chi connectivity index (χ0) is 23.4. The summed E-state index contributed by atoms with van der Waals surface area (Å²) in [6.45, 7) is 12.8. The maximum absolute atomic E-state index is 12.9. The smallest absolute Gasteiger partial charge is 0.410 e. The number of hydrogen-bond donors (Lipinski definition) is 2. The van der Waals surface area contributed by atoms with Crippen LogP contribution < -0.4 is 5.32 Å². The second-order valence-corrected chi connectivity index (χ2v) is 10.2. The quantitative estimate of drug-likeness (QED) is 0.490. The lowest BCUT2D eigenvalue weighted by molar-refractivity contribution is 0.00917. The molecule has 1 unspecified atom stereocenters. The molecule has 2 heterocycles. The second-order valence-electron chi connectivity index (χ2n) is 10.2. The molecule has 3 rings (SSSR count). The molecule has 1 amide bonds. The number of carbonyl (C=O) groups is 1. The molecule has 2 N–H and O–H groups in total. The zero-order valence-corrected chi connectivity index (χ0v) is 20.3. The van der Waals surface area contributed by atoms with E-state index in [1.165, 1.54) is 12.8 Å². The number of amides is 1. The first-order chi connectivity index (χ1) is 15.1. The molecule has 180 valence electrons. The molecule has 1 atom stereocenters. The monoisotopic (exact) mass is 448 g/mol. The largest absolute Gasteiger partial charge is 0.466 e. The number of likely N-dealkylation sites (tertiary alicyclic amines) is 1. The normalized spacial score (nSPS) is 20.1. The molecule has 2 aliphatic rings. The summed E-state index contributed by atoms with van der Waals surface area (Å²) in [5, 5.41) is 14.1. The first-order valence-corrected chi connectivity index (χ1v) is 11.9. The van der Waals surface area contributed by atoms with E-state index >= 15 is 0 Å². The highest BCUT2D eigenvalue weighted by Gasteiger charge is 2.36. The Morgan fingerprint density at radius 2 is 1.97 bits per heavy atom. The van der Waals surface area contributed by atoms with Crippen LogP contribution in [0.5, 0.6) is 0 Å². The third kappa shape index (κ3) is 6.89. The highest BCUT2D eigenvalue weighted by atomic mass is 16.6. The number of aliphatic imine (C=N–C) groups is 1. The number of furan rings is 1. The van der Waals surface area contributed by atoms with Gasteiger partial charge in [0.15, 0.2) is 5.96 Å². The van der Waals surface area contributed by atoms with E-state index in [4.69, 9.17) is 14.1 Å². The SMILES string of the molecule is CCNC(=NCC(C)(O)c1ccco1)N1CCC(N(CC2CC2)C(=O)OC(C)(C)C)CC1. The minimum atomic E-state index is -1.17. The Kier molecular flexibility index (Phi) is 7.75. The first-order valence-electron chi connectivity index (χ1n) is 11.9. The van der Waals surface area contributed by atoms with Gasteiger partial charge < -0.3 is 29.4 Å². The summed E-state index contributed by atoms with van der Waals surface area (Å²) in [6, 6.07) is 3.71. The molecule has 32 heavy (non-hydrogen) atoms. The van der Waals surface area contributed by atoms with E-state index in [-0.39, 0.29) is 18.7 Å². The highest BCUT2D eigenvalue weighted by molar-refractivity contribution is 5.80. The molecule has 0 aromatic carbocycles. The summed E-state index contributed by atoms with van der Waals surface area (Å²) < 4.78 is 11.1. The molecule has 8 nitrogen and oxygen atoms in total. The number of carbonyl (C=O) groups excluding carboxylic acids is 1. The van der Waals surface area contributed by atoms with Crippen molar-refractivity contribution in [1.82, 2.24) is 15.1 Å². The summed E-state index contributed by atoms with van der Waals surface area (Å²) in [5.41, 5.74) is -1.66. The Hall–Kier alpha value is -2.22. The Balaban J connectivity index is 1.62. The first kappa shape index (κ1) is 24.4. The zero-order valence-electron chi connectivity index (χ0n) is 20.3. The molecule has 8 heteroatoms. The minimum absolute atomic E-state index is 0.177. The van der Waals surface area contributed by atoms with Gasteiger partial charge in [0.25, 0.3) is 0 Å². The van der Waals surface area contributed by atoms with Gasteiger partial charge in [-0.2, -0.15) is 0 Å². The van der Waals surface area contributed by atoms with Gasteiger partial charge in [-0.1, -0.05) is 0 Å². The van der Waals surface area contributed by atoms with Crippen molar-refractivity contribution in [2.45, 2.75) is 77.5 Å². The van der Waals surface area contributed by atoms with Crippen molar-refractivity contribution in [2.75, 3.05) is 32.7 Å². The van der Waals surface area contributed by atoms with Crippen LogP contribution in [0, 0.1) is 5.92 Å². The van der Waals surface area contributed by atoms with Gasteiger partial charge in [-0.05, 0) is 78.4 Å². The Morgan fingerprint density at radius 1 is 1.28 bits per heavy atom. The van der Waals surface area contributed by atoms with E-state index in [1.54, 1.807) is 25.3 Å². The molecule has 1 aromatic heterocycles. The number of aliphatic hydroxyl groups is 1. The Labute approximate surface area is 192 Å². The predicted octanol–water partition coefficient (Wildman–Crippen LogP) is 3.56. The molecule has 1 aromatic rings.